The number of hydrogen-bond donors (Lipinski definition) is 10. The van der Waals surface area contributed by atoms with Gasteiger partial charge in [-0.05, 0) is 147 Å². The number of nitrogens with zero attached hydrogens (tertiary/aromatic N) is 9. The van der Waals surface area contributed by atoms with Gasteiger partial charge in [0.05, 0.1) is 88.4 Å². The number of para-hydroxylation sites is 3. The topological polar surface area (TPSA) is 599 Å². The zero-order valence-electron chi connectivity index (χ0n) is 79.8. The molecule has 790 valence electrons. The zero-order chi connectivity index (χ0) is 105. The van der Waals surface area contributed by atoms with Crippen molar-refractivity contribution in [2.24, 2.45) is 0 Å². The average molecular weight is 2140 g/mol. The number of rotatable bonds is 40. The first-order valence-electron chi connectivity index (χ1n) is 43.9. The van der Waals surface area contributed by atoms with Crippen LogP contribution in [0.4, 0.5) is 17.6 Å². The second-order valence-corrected chi connectivity index (χ2v) is 44.0. The number of fused-ring (bicyclic) bond motifs is 2. The second-order valence-electron chi connectivity index (χ2n) is 34.5. The summed E-state index contributed by atoms with van der Waals surface area (Å²) in [6, 6.07) is 21.9. The molecule has 143 heavy (non-hydrogen) atoms. The Morgan fingerprint density at radius 1 is 0.490 bits per heavy atom. The molecule has 0 saturated carbocycles. The van der Waals surface area contributed by atoms with Crippen molar-refractivity contribution in [3.63, 3.8) is 0 Å². The number of amides is 2. The number of aryl methyl sites for hydroxylation is 2. The molecule has 7 aromatic rings. The first-order valence-corrected chi connectivity index (χ1v) is 53.1. The number of aromatic amines is 1. The van der Waals surface area contributed by atoms with E-state index in [1.807, 2.05) is 6.92 Å². The molecule has 13 rings (SSSR count). The van der Waals surface area contributed by atoms with Crippen LogP contribution in [-0.4, -0.2) is 227 Å². The van der Waals surface area contributed by atoms with Crippen LogP contribution in [0.3, 0.4) is 0 Å². The minimum absolute atomic E-state index is 0. The molecule has 58 heteroatoms. The smallest absolute Gasteiger partial charge is 0.476 e. The highest BCUT2D eigenvalue weighted by molar-refractivity contribution is 7.66. The van der Waals surface area contributed by atoms with Crippen LogP contribution >= 0.6 is 46.7 Å². The molecule has 4 aromatic heterocycles. The Labute approximate surface area is 819 Å². The largest absolute Gasteiger partial charge is 0.490 e. The van der Waals surface area contributed by atoms with Crippen molar-refractivity contribution < 1.29 is 167 Å². The highest BCUT2D eigenvalue weighted by Gasteiger charge is 2.55. The molecular weight excluding hydrogens is 2020 g/mol. The predicted molar refractivity (Wildman–Crippen MR) is 502 cm³/mol. The summed E-state index contributed by atoms with van der Waals surface area (Å²) in [7, 11) is -28.9. The van der Waals surface area contributed by atoms with Gasteiger partial charge in [0.25, 0.3) is 17.4 Å². The molecule has 10 heterocycles. The lowest BCUT2D eigenvalue weighted by Gasteiger charge is -2.35. The van der Waals surface area contributed by atoms with E-state index in [4.69, 9.17) is 79.7 Å². The third-order valence-electron chi connectivity index (χ3n) is 20.3. The van der Waals surface area contributed by atoms with Gasteiger partial charge in [-0.3, -0.25) is 56.0 Å². The van der Waals surface area contributed by atoms with E-state index in [-0.39, 0.29) is 117 Å². The minimum Gasteiger partial charge on any atom is -0.476 e. The Morgan fingerprint density at radius 3 is 1.15 bits per heavy atom. The van der Waals surface area contributed by atoms with Gasteiger partial charge in [0.2, 0.25) is 5.88 Å². The average Bonchev–Trinajstić information content (AvgIpc) is 1.61. The summed E-state index contributed by atoms with van der Waals surface area (Å²) in [6.07, 6.45) is -2.28. The second kappa shape index (κ2) is 48.6. The van der Waals surface area contributed by atoms with E-state index >= 15 is 13.2 Å². The molecule has 2 amide bonds. The maximum atomic E-state index is 15.9. The predicted octanol–water partition coefficient (Wildman–Crippen LogP) is 12.9. The fourth-order valence-electron chi connectivity index (χ4n) is 14.5. The van der Waals surface area contributed by atoms with E-state index in [0.717, 1.165) is 6.08 Å². The molecule has 6 aliphatic heterocycles. The van der Waals surface area contributed by atoms with E-state index in [1.54, 1.807) is 146 Å². The first-order chi connectivity index (χ1) is 66.1. The molecule has 0 aliphatic carbocycles. The molecule has 0 radical (unpaired) electrons. The lowest BCUT2D eigenvalue weighted by molar-refractivity contribution is -0.150. The van der Waals surface area contributed by atoms with Crippen molar-refractivity contribution in [1.82, 2.24) is 74.7 Å². The Bertz CT molecular complexity index is 6070. The van der Waals surface area contributed by atoms with Gasteiger partial charge >= 0.3 is 64.6 Å². The van der Waals surface area contributed by atoms with Gasteiger partial charge in [-0.1, -0.05) is 75.2 Å². The van der Waals surface area contributed by atoms with Crippen LogP contribution in [-0.2, 0) is 111 Å². The fourth-order valence-corrected chi connectivity index (χ4v) is 22.2. The normalized spacial score (nSPS) is 25.9. The SMILES string of the molecule is C.C=C1NC(=O)C=CN1[C@@H]1O[C@H](COP(=O)(NC(C)C(=O)OC(C)C)Oc2ccccc2)C[C@@]1(C)F.C=C1NC(=O)C=CN1[C@@H]1O[C@H](COP(=O)(O)OP(=O)(O)OP(=O)(O)O)C[C@@]1(C)F.CCOc1nc(C)nc2c1ncn2[C@@H]1O[C@H](COP(=O)(N[C@H](C)C(=O)OC(C)C)Oc2ccccc2)C[C@@]1(C)F.Cc1nc2c(ncn2[C@@H]2O[C@H](COP(=O)(N[C@H](C)C(=O)OC(C)C)Oc3ccccc3)C[C@@]2(C)F)c(=O)[nH]1. The van der Waals surface area contributed by atoms with Crippen LogP contribution < -0.4 is 49.8 Å². The third-order valence-corrected chi connectivity index (χ3v) is 29.1. The molecule has 0 bridgehead atoms. The van der Waals surface area contributed by atoms with Crippen molar-refractivity contribution >= 4 is 98.8 Å². The lowest BCUT2D eigenvalue weighted by Crippen LogP contribution is -2.48. The Balaban J connectivity index is 0.000000213. The van der Waals surface area contributed by atoms with Crippen LogP contribution in [0.15, 0.2) is 158 Å². The number of halogens is 4. The molecule has 6 unspecified atom stereocenters. The van der Waals surface area contributed by atoms with Gasteiger partial charge in [-0.15, -0.1) is 0 Å². The van der Waals surface area contributed by atoms with Crippen LogP contribution in [0.25, 0.3) is 22.3 Å². The van der Waals surface area contributed by atoms with E-state index in [0.29, 0.717) is 35.3 Å². The summed E-state index contributed by atoms with van der Waals surface area (Å²) < 4.78 is 229. The number of hydrogen-bond acceptors (Lipinski definition) is 36. The number of aromatic nitrogens is 8. The summed E-state index contributed by atoms with van der Waals surface area (Å²) >= 11 is 0. The summed E-state index contributed by atoms with van der Waals surface area (Å²) in [4.78, 5) is 134. The number of carbonyl (C=O) groups excluding carboxylic acids is 5. The fraction of sp³-hybridized carbons (Fsp3) is 0.518. The lowest BCUT2D eigenvalue weighted by atomic mass is 10.0. The highest BCUT2D eigenvalue weighted by atomic mass is 31.3. The van der Waals surface area contributed by atoms with Crippen LogP contribution in [0.2, 0.25) is 0 Å². The molecule has 4 fully saturated rings. The van der Waals surface area contributed by atoms with Crippen LogP contribution in [0.5, 0.6) is 23.1 Å². The number of phosphoric acid groups is 3. The van der Waals surface area contributed by atoms with Gasteiger partial charge in [0, 0.05) is 50.2 Å². The Kier molecular flexibility index (Phi) is 39.7. The Hall–Kier alpha value is -9.91. The maximum absolute atomic E-state index is 15.9. The molecule has 4 saturated heterocycles. The number of nitrogens with one attached hydrogen (secondary N) is 6. The maximum Gasteiger partial charge on any atom is 0.490 e. The quantitative estimate of drug-likeness (QED) is 0.00738. The van der Waals surface area contributed by atoms with Crippen molar-refractivity contribution in [3.05, 3.63) is 175 Å². The monoisotopic (exact) mass is 2140 g/mol. The van der Waals surface area contributed by atoms with Crippen LogP contribution in [0.1, 0.15) is 154 Å². The van der Waals surface area contributed by atoms with Crippen LogP contribution in [0, 0.1) is 13.8 Å². The van der Waals surface area contributed by atoms with Gasteiger partial charge in [-0.25, -0.2) is 64.9 Å². The number of phosphoric ester groups is 1. The van der Waals surface area contributed by atoms with Crippen molar-refractivity contribution in [1.29, 1.82) is 0 Å². The standard InChI is InChI=1S/C26H35FN5O7P.C24H31FN5O7P.C23H31FN3O7P.C11H18FN2O12P3.CH4/c1-7-35-23-21-22(29-18(5)30-23)32(15-28-21)25-26(6,27)13-20(38-25)14-36-40(34,39-19-11-9-8-10-12-19)31-17(4)24(33)37-16(2)3;1-14(2)35-22(32)15(3)29-38(33,37-17-9-7-6-8-10-17)34-12-18-11-24(5,25)23(36-18)30-13-26-19-20(30)27-16(4)28-21(19)31;1-15(2)32-21(29)16(3)26-35(30,34-18-9-7-6-8-10-18)31-14-19-13-23(5,24)22(33-19)27-12-11-20(28)25-17(27)4;1-7-13-9(15)3-4-14(7)10-11(2,12)5-8(24-10)6-23-28(19,20)26-29(21,22)25-27(16,17)18;/h8-12,15-17,20,25H,7,13-14H2,1-6H3,(H,31,34);6-10,13-15,18,23H,11-12H2,1-5H3,(H,29,33)(H,27,28,31);6-12,15-16,19,22H,4,13-14H2,1-3,5H3,(H,25,28)(H,26,30);3-4,8,10H,1,5-6H2,2H3,(H,13,15)(H,19,20)(H,21,22)(H2,16,17,18);1H4/t17-,20+,25-,26-,40?;15-,18+,23-,24-,38?;16?,19-,22+,23+,35?;8-,10+,11+;/m1100./s1. The number of H-pyrrole nitrogens is 1. The van der Waals surface area contributed by atoms with E-state index in [1.165, 1.54) is 98.5 Å². The molecular formula is C85H119F4N15O33P6. The van der Waals surface area contributed by atoms with Crippen molar-refractivity contribution in [2.75, 3.05) is 33.0 Å². The van der Waals surface area contributed by atoms with Crippen molar-refractivity contribution in [3.8, 4) is 23.1 Å². The van der Waals surface area contributed by atoms with Gasteiger partial charge < -0.3 is 96.5 Å². The van der Waals surface area contributed by atoms with Gasteiger partial charge in [0.1, 0.15) is 58.7 Å². The van der Waals surface area contributed by atoms with Gasteiger partial charge in [0.15, 0.2) is 69.9 Å². The molecule has 3 aromatic carbocycles. The number of imidazole rings is 2. The number of ether oxygens (including phenoxy) is 8. The number of carbonyl (C=O) groups is 5. The van der Waals surface area contributed by atoms with E-state index < -0.39 is 173 Å². The number of benzene rings is 3. The molecule has 20 atom stereocenters. The molecule has 48 nitrogen and oxygen atoms in total. The minimum atomic E-state index is -5.66. The molecule has 0 spiro atoms. The summed E-state index contributed by atoms with van der Waals surface area (Å²) in [6.45, 7) is 31.0. The van der Waals surface area contributed by atoms with Crippen molar-refractivity contribution in [2.45, 2.75) is 252 Å². The summed E-state index contributed by atoms with van der Waals surface area (Å²) in [5, 5.41) is 12.6. The third kappa shape index (κ3) is 33.3. The molecule has 10 N–H and O–H groups in total. The number of alkyl halides is 4. The first kappa shape index (κ1) is 117. The highest BCUT2D eigenvalue weighted by Crippen LogP contribution is 2.67. The van der Waals surface area contributed by atoms with Gasteiger partial charge in [-0.2, -0.15) is 28.9 Å². The van der Waals surface area contributed by atoms with E-state index in [2.05, 4.69) is 82.1 Å². The summed E-state index contributed by atoms with van der Waals surface area (Å²) in [5.74, 6) is -0.720. The Morgan fingerprint density at radius 2 is 0.818 bits per heavy atom. The number of esters is 3. The van der Waals surface area contributed by atoms with E-state index in [9.17, 15) is 65.4 Å². The summed E-state index contributed by atoms with van der Waals surface area (Å²) in [5.41, 5.74) is -7.07. The zero-order valence-corrected chi connectivity index (χ0v) is 85.2. The molecule has 6 aliphatic rings.